The van der Waals surface area contributed by atoms with Crippen LogP contribution in [0, 0.1) is 34.0 Å². The lowest BCUT2D eigenvalue weighted by Gasteiger charge is -2.67. The molecule has 3 saturated carbocycles. The number of hydrogen-bond donors (Lipinski definition) is 0. The average Bonchev–Trinajstić information content (AvgIpc) is 3.32. The van der Waals surface area contributed by atoms with Gasteiger partial charge < -0.3 is 18.9 Å². The Morgan fingerprint density at radius 1 is 0.944 bits per heavy atom. The molecule has 3 aliphatic carbocycles. The standard InChI is InChI=1S/C29H42O7/c1-17(30)33-16-29-13-9-22-27(5)11-7-10-26(3,4)21(27)8-12-28(22,6)23(29)15-20(36-29)19-14-24(32)35-25(19)34-18(2)31/h14,20-23,25H,7-13,15-16H2,1-6H3/t20-,21-,22+,23-,25-,27-,28+,29+/m0/s1. The van der Waals surface area contributed by atoms with Crippen molar-refractivity contribution in [3.63, 3.8) is 0 Å². The predicted octanol–water partition coefficient (Wildman–Crippen LogP) is 5.11. The van der Waals surface area contributed by atoms with E-state index in [0.29, 0.717) is 29.2 Å². The van der Waals surface area contributed by atoms with Crippen LogP contribution in [0.5, 0.6) is 0 Å². The second-order valence-electron chi connectivity index (χ2n) is 13.3. The molecule has 0 radical (unpaired) electrons. The molecule has 4 fully saturated rings. The Morgan fingerprint density at radius 2 is 1.64 bits per heavy atom. The second-order valence-corrected chi connectivity index (χ2v) is 13.3. The van der Waals surface area contributed by atoms with Crippen molar-refractivity contribution in [2.75, 3.05) is 6.61 Å². The van der Waals surface area contributed by atoms with Gasteiger partial charge in [0.05, 0.1) is 6.10 Å². The molecule has 1 saturated heterocycles. The number of fused-ring (bicyclic) bond motifs is 5. The van der Waals surface area contributed by atoms with Gasteiger partial charge in [0.25, 0.3) is 6.29 Å². The van der Waals surface area contributed by atoms with Crippen LogP contribution in [0.25, 0.3) is 0 Å². The number of esters is 3. The Labute approximate surface area is 214 Å². The summed E-state index contributed by atoms with van der Waals surface area (Å²) in [5.74, 6) is 0.0665. The van der Waals surface area contributed by atoms with Crippen molar-refractivity contribution in [3.05, 3.63) is 11.6 Å². The van der Waals surface area contributed by atoms with Crippen molar-refractivity contribution in [2.45, 2.75) is 111 Å². The van der Waals surface area contributed by atoms with Crippen molar-refractivity contribution >= 4 is 17.9 Å². The fourth-order valence-electron chi connectivity index (χ4n) is 9.63. The Kier molecular flexibility index (Phi) is 6.13. The topological polar surface area (TPSA) is 88.1 Å². The number of rotatable bonds is 4. The third-order valence-electron chi connectivity index (χ3n) is 10.9. The minimum atomic E-state index is -1.05. The summed E-state index contributed by atoms with van der Waals surface area (Å²) in [6.45, 7) is 12.8. The van der Waals surface area contributed by atoms with Crippen LogP contribution >= 0.6 is 0 Å². The number of carbonyl (C=O) groups excluding carboxylic acids is 3. The van der Waals surface area contributed by atoms with Crippen LogP contribution in [0.1, 0.15) is 92.9 Å². The second kappa shape index (κ2) is 8.57. The molecule has 5 rings (SSSR count). The maximum Gasteiger partial charge on any atom is 0.334 e. The molecule has 5 aliphatic rings. The average molecular weight is 503 g/mol. The molecule has 2 heterocycles. The summed E-state index contributed by atoms with van der Waals surface area (Å²) in [5, 5.41) is 0. The van der Waals surface area contributed by atoms with E-state index in [1.165, 1.54) is 45.6 Å². The highest BCUT2D eigenvalue weighted by atomic mass is 16.7. The first-order valence-electron chi connectivity index (χ1n) is 13.7. The molecule has 0 N–H and O–H groups in total. The number of carbonyl (C=O) groups is 3. The highest BCUT2D eigenvalue weighted by Gasteiger charge is 2.68. The van der Waals surface area contributed by atoms with Gasteiger partial charge in [0.15, 0.2) is 0 Å². The number of ether oxygens (including phenoxy) is 4. The predicted molar refractivity (Wildman–Crippen MR) is 131 cm³/mol. The molecule has 0 amide bonds. The third-order valence-corrected chi connectivity index (χ3v) is 10.9. The van der Waals surface area contributed by atoms with Crippen LogP contribution < -0.4 is 0 Å². The first-order chi connectivity index (χ1) is 16.8. The first kappa shape index (κ1) is 25.7. The van der Waals surface area contributed by atoms with Crippen LogP contribution in [0.15, 0.2) is 11.6 Å². The lowest BCUT2D eigenvalue weighted by molar-refractivity contribution is -0.216. The summed E-state index contributed by atoms with van der Waals surface area (Å²) in [6.07, 6.45) is 8.61. The monoisotopic (exact) mass is 502 g/mol. The normalized spacial score (nSPS) is 45.0. The fourth-order valence-corrected chi connectivity index (χ4v) is 9.63. The third kappa shape index (κ3) is 3.91. The zero-order valence-corrected chi connectivity index (χ0v) is 22.7. The van der Waals surface area contributed by atoms with Crippen molar-refractivity contribution in [1.82, 2.24) is 0 Å². The van der Waals surface area contributed by atoms with Gasteiger partial charge in [0, 0.05) is 25.5 Å². The van der Waals surface area contributed by atoms with Crippen molar-refractivity contribution in [1.29, 1.82) is 0 Å². The van der Waals surface area contributed by atoms with Crippen LogP contribution in [0.2, 0.25) is 0 Å². The molecule has 2 aliphatic heterocycles. The first-order valence-corrected chi connectivity index (χ1v) is 13.7. The highest BCUT2D eigenvalue weighted by molar-refractivity contribution is 5.86. The Bertz CT molecular complexity index is 984. The molecular weight excluding hydrogens is 460 g/mol. The van der Waals surface area contributed by atoms with Crippen molar-refractivity contribution in [2.24, 2.45) is 34.0 Å². The van der Waals surface area contributed by atoms with Gasteiger partial charge in [0.2, 0.25) is 0 Å². The summed E-state index contributed by atoms with van der Waals surface area (Å²) in [6, 6.07) is 0. The minimum Gasteiger partial charge on any atom is -0.463 e. The van der Waals surface area contributed by atoms with E-state index in [2.05, 4.69) is 27.7 Å². The van der Waals surface area contributed by atoms with E-state index >= 15 is 0 Å². The molecule has 0 aromatic carbocycles. The summed E-state index contributed by atoms with van der Waals surface area (Å²) >= 11 is 0. The van der Waals surface area contributed by atoms with Crippen LogP contribution in [-0.4, -0.2) is 42.5 Å². The van der Waals surface area contributed by atoms with Gasteiger partial charge in [-0.25, -0.2) is 4.79 Å². The molecule has 36 heavy (non-hydrogen) atoms. The van der Waals surface area contributed by atoms with E-state index in [1.54, 1.807) is 0 Å². The molecular formula is C29H42O7. The van der Waals surface area contributed by atoms with E-state index in [0.717, 1.165) is 19.3 Å². The summed E-state index contributed by atoms with van der Waals surface area (Å²) in [7, 11) is 0. The Balaban J connectivity index is 1.50. The molecule has 7 heteroatoms. The fraction of sp³-hybridized carbons (Fsp3) is 0.828. The van der Waals surface area contributed by atoms with Crippen LogP contribution in [0.4, 0.5) is 0 Å². The molecule has 0 unspecified atom stereocenters. The number of cyclic esters (lactones) is 1. The van der Waals surface area contributed by atoms with Gasteiger partial charge in [-0.3, -0.25) is 9.59 Å². The lowest BCUT2D eigenvalue weighted by atomic mass is 9.38. The Morgan fingerprint density at radius 3 is 2.33 bits per heavy atom. The number of hydrogen-bond acceptors (Lipinski definition) is 7. The van der Waals surface area contributed by atoms with E-state index in [1.807, 2.05) is 0 Å². The molecule has 200 valence electrons. The quantitative estimate of drug-likeness (QED) is 0.494. The summed E-state index contributed by atoms with van der Waals surface area (Å²) in [5.41, 5.74) is 0.575. The van der Waals surface area contributed by atoms with E-state index in [9.17, 15) is 14.4 Å². The van der Waals surface area contributed by atoms with Gasteiger partial charge in [-0.05, 0) is 78.9 Å². The largest absolute Gasteiger partial charge is 0.463 e. The summed E-state index contributed by atoms with van der Waals surface area (Å²) in [4.78, 5) is 35.7. The lowest BCUT2D eigenvalue weighted by Crippen LogP contribution is -2.63. The van der Waals surface area contributed by atoms with Crippen molar-refractivity contribution < 1.29 is 33.3 Å². The molecule has 0 aromatic rings. The van der Waals surface area contributed by atoms with Gasteiger partial charge in [-0.15, -0.1) is 0 Å². The Hall–Kier alpha value is -1.89. The van der Waals surface area contributed by atoms with E-state index in [4.69, 9.17) is 18.9 Å². The molecule has 8 atom stereocenters. The molecule has 0 spiro atoms. The van der Waals surface area contributed by atoms with Gasteiger partial charge in [-0.2, -0.15) is 0 Å². The maximum absolute atomic E-state index is 12.1. The summed E-state index contributed by atoms with van der Waals surface area (Å²) < 4.78 is 23.0. The smallest absolute Gasteiger partial charge is 0.334 e. The zero-order valence-electron chi connectivity index (χ0n) is 22.7. The molecule has 7 nitrogen and oxygen atoms in total. The SMILES string of the molecule is CC(=O)OC[C@]12CC[C@H]3[C@@](C)(CC[C@H]4C(C)(C)CCC[C@]34C)[C@@H]1C[C@@H](C1=CC(=O)O[C@@H]1OC(C)=O)O2. The van der Waals surface area contributed by atoms with Gasteiger partial charge >= 0.3 is 17.9 Å². The van der Waals surface area contributed by atoms with E-state index in [-0.39, 0.29) is 29.3 Å². The highest BCUT2D eigenvalue weighted by Crippen LogP contribution is 2.71. The molecule has 0 bridgehead atoms. The minimum absolute atomic E-state index is 0.0206. The molecule has 0 aromatic heterocycles. The van der Waals surface area contributed by atoms with E-state index < -0.39 is 29.9 Å². The van der Waals surface area contributed by atoms with Gasteiger partial charge in [0.1, 0.15) is 12.2 Å². The maximum atomic E-state index is 12.1. The van der Waals surface area contributed by atoms with Crippen molar-refractivity contribution in [3.8, 4) is 0 Å². The van der Waals surface area contributed by atoms with Gasteiger partial charge in [-0.1, -0.05) is 34.1 Å². The van der Waals surface area contributed by atoms with Crippen LogP contribution in [0.3, 0.4) is 0 Å². The zero-order chi connectivity index (χ0) is 26.1. The van der Waals surface area contributed by atoms with Crippen LogP contribution in [-0.2, 0) is 33.3 Å².